The topological polar surface area (TPSA) is 66.8 Å². The van der Waals surface area contributed by atoms with E-state index in [1.54, 1.807) is 6.92 Å². The van der Waals surface area contributed by atoms with E-state index in [2.05, 4.69) is 5.92 Å². The SMILES string of the molecule is C#CCN(CC)S(=O)(=O)c1cc(Cl)cc(CO)c1OC. The molecule has 0 radical (unpaired) electrons. The van der Waals surface area contributed by atoms with Gasteiger partial charge in [0.25, 0.3) is 0 Å². The summed E-state index contributed by atoms with van der Waals surface area (Å²) in [6.45, 7) is 1.46. The first kappa shape index (κ1) is 16.8. The molecule has 0 unspecified atom stereocenters. The summed E-state index contributed by atoms with van der Waals surface area (Å²) in [6.07, 6.45) is 5.18. The highest BCUT2D eigenvalue weighted by molar-refractivity contribution is 7.89. The second-order valence-electron chi connectivity index (χ2n) is 3.89. The van der Waals surface area contributed by atoms with Crippen molar-refractivity contribution in [2.24, 2.45) is 0 Å². The van der Waals surface area contributed by atoms with Gasteiger partial charge in [0.1, 0.15) is 10.6 Å². The maximum Gasteiger partial charge on any atom is 0.247 e. The average Bonchev–Trinajstić information content (AvgIpc) is 2.43. The Morgan fingerprint density at radius 1 is 1.50 bits per heavy atom. The van der Waals surface area contributed by atoms with Crippen LogP contribution in [-0.4, -0.2) is 38.0 Å². The number of rotatable bonds is 6. The third-order valence-electron chi connectivity index (χ3n) is 2.71. The van der Waals surface area contributed by atoms with Crippen molar-refractivity contribution in [3.05, 3.63) is 22.7 Å². The van der Waals surface area contributed by atoms with Gasteiger partial charge >= 0.3 is 0 Å². The van der Waals surface area contributed by atoms with E-state index in [0.29, 0.717) is 5.56 Å². The Labute approximate surface area is 124 Å². The number of hydrogen-bond acceptors (Lipinski definition) is 4. The second kappa shape index (κ2) is 6.95. The Morgan fingerprint density at radius 3 is 2.60 bits per heavy atom. The van der Waals surface area contributed by atoms with Crippen molar-refractivity contribution in [3.8, 4) is 18.1 Å². The van der Waals surface area contributed by atoms with Crippen LogP contribution in [0.15, 0.2) is 17.0 Å². The molecule has 5 nitrogen and oxygen atoms in total. The van der Waals surface area contributed by atoms with Gasteiger partial charge in [-0.3, -0.25) is 0 Å². The van der Waals surface area contributed by atoms with Gasteiger partial charge in [0, 0.05) is 17.1 Å². The molecule has 0 aliphatic heterocycles. The Balaban J connectivity index is 3.52. The van der Waals surface area contributed by atoms with Gasteiger partial charge in [0.2, 0.25) is 10.0 Å². The van der Waals surface area contributed by atoms with Gasteiger partial charge in [-0.1, -0.05) is 24.4 Å². The summed E-state index contributed by atoms with van der Waals surface area (Å²) in [5.41, 5.74) is 0.301. The van der Waals surface area contributed by atoms with Crippen LogP contribution in [0.4, 0.5) is 0 Å². The molecule has 0 aromatic heterocycles. The number of hydrogen-bond donors (Lipinski definition) is 1. The van der Waals surface area contributed by atoms with Crippen molar-refractivity contribution < 1.29 is 18.3 Å². The van der Waals surface area contributed by atoms with Crippen LogP contribution in [-0.2, 0) is 16.6 Å². The summed E-state index contributed by atoms with van der Waals surface area (Å²) in [6, 6.07) is 2.74. The molecular formula is C13H16ClNO4S. The minimum atomic E-state index is -3.84. The smallest absolute Gasteiger partial charge is 0.247 e. The fourth-order valence-corrected chi connectivity index (χ4v) is 3.66. The number of aliphatic hydroxyl groups excluding tert-OH is 1. The van der Waals surface area contributed by atoms with Crippen LogP contribution in [0.2, 0.25) is 5.02 Å². The number of halogens is 1. The highest BCUT2D eigenvalue weighted by atomic mass is 35.5. The lowest BCUT2D eigenvalue weighted by atomic mass is 10.2. The molecule has 0 saturated heterocycles. The van der Waals surface area contributed by atoms with Crippen molar-refractivity contribution in [2.75, 3.05) is 20.2 Å². The van der Waals surface area contributed by atoms with E-state index < -0.39 is 10.0 Å². The van der Waals surface area contributed by atoms with Crippen molar-refractivity contribution in [3.63, 3.8) is 0 Å². The van der Waals surface area contributed by atoms with E-state index >= 15 is 0 Å². The van der Waals surface area contributed by atoms with Gasteiger partial charge in [-0.25, -0.2) is 8.42 Å². The number of nitrogens with zero attached hydrogens (tertiary/aromatic N) is 1. The molecule has 20 heavy (non-hydrogen) atoms. The molecule has 0 amide bonds. The van der Waals surface area contributed by atoms with Gasteiger partial charge in [0.15, 0.2) is 0 Å². The average molecular weight is 318 g/mol. The van der Waals surface area contributed by atoms with Gasteiger partial charge < -0.3 is 9.84 Å². The molecule has 0 bridgehead atoms. The fraction of sp³-hybridized carbons (Fsp3) is 0.385. The van der Waals surface area contributed by atoms with E-state index in [1.807, 2.05) is 0 Å². The molecule has 1 aromatic carbocycles. The number of sulfonamides is 1. The van der Waals surface area contributed by atoms with Crippen LogP contribution in [0, 0.1) is 12.3 Å². The first-order valence-corrected chi connectivity index (χ1v) is 7.65. The van der Waals surface area contributed by atoms with Crippen LogP contribution in [0.3, 0.4) is 0 Å². The Kier molecular flexibility index (Phi) is 5.84. The Morgan fingerprint density at radius 2 is 2.15 bits per heavy atom. The summed E-state index contributed by atoms with van der Waals surface area (Å²) in [5.74, 6) is 2.38. The summed E-state index contributed by atoms with van der Waals surface area (Å²) >= 11 is 5.90. The van der Waals surface area contributed by atoms with Crippen molar-refractivity contribution in [2.45, 2.75) is 18.4 Å². The van der Waals surface area contributed by atoms with Crippen molar-refractivity contribution >= 4 is 21.6 Å². The standard InChI is InChI=1S/C13H16ClNO4S/c1-4-6-15(5-2)20(17,18)12-8-11(14)7-10(9-16)13(12)19-3/h1,7-8,16H,5-6,9H2,2-3H3. The molecule has 1 N–H and O–H groups in total. The summed E-state index contributed by atoms with van der Waals surface area (Å²) in [4.78, 5) is -0.103. The first-order valence-electron chi connectivity index (χ1n) is 5.83. The zero-order valence-electron chi connectivity index (χ0n) is 11.3. The van der Waals surface area contributed by atoms with E-state index in [0.717, 1.165) is 4.31 Å². The zero-order chi connectivity index (χ0) is 15.3. The van der Waals surface area contributed by atoms with Gasteiger partial charge in [-0.15, -0.1) is 6.42 Å². The fourth-order valence-electron chi connectivity index (χ4n) is 1.77. The van der Waals surface area contributed by atoms with E-state index in [4.69, 9.17) is 22.8 Å². The second-order valence-corrected chi connectivity index (χ2v) is 6.23. The molecule has 0 heterocycles. The van der Waals surface area contributed by atoms with Crippen LogP contribution >= 0.6 is 11.6 Å². The molecule has 1 aromatic rings. The normalized spacial score (nSPS) is 11.4. The highest BCUT2D eigenvalue weighted by Gasteiger charge is 2.28. The molecule has 1 rings (SSSR count). The Bertz CT molecular complexity index is 622. The molecule has 7 heteroatoms. The monoisotopic (exact) mass is 317 g/mol. The van der Waals surface area contributed by atoms with Gasteiger partial charge in [-0.05, 0) is 12.1 Å². The lowest BCUT2D eigenvalue weighted by Crippen LogP contribution is -2.31. The number of methoxy groups -OCH3 is 1. The summed E-state index contributed by atoms with van der Waals surface area (Å²) < 4.78 is 31.4. The zero-order valence-corrected chi connectivity index (χ0v) is 12.8. The summed E-state index contributed by atoms with van der Waals surface area (Å²) in [7, 11) is -2.51. The third kappa shape index (κ3) is 3.25. The maximum atomic E-state index is 12.6. The van der Waals surface area contributed by atoms with E-state index in [1.165, 1.54) is 19.2 Å². The minimum absolute atomic E-state index is 0.0526. The molecule has 0 aliphatic carbocycles. The molecule has 110 valence electrons. The van der Waals surface area contributed by atoms with E-state index in [-0.39, 0.29) is 35.4 Å². The lowest BCUT2D eigenvalue weighted by Gasteiger charge is -2.20. The van der Waals surface area contributed by atoms with E-state index in [9.17, 15) is 13.5 Å². The van der Waals surface area contributed by atoms with Crippen LogP contribution < -0.4 is 4.74 Å². The highest BCUT2D eigenvalue weighted by Crippen LogP contribution is 2.33. The molecule has 0 saturated carbocycles. The predicted octanol–water partition coefficient (Wildman–Crippen LogP) is 1.48. The predicted molar refractivity (Wildman–Crippen MR) is 77.2 cm³/mol. The number of aliphatic hydroxyl groups is 1. The van der Waals surface area contributed by atoms with Crippen LogP contribution in [0.1, 0.15) is 12.5 Å². The lowest BCUT2D eigenvalue weighted by molar-refractivity contribution is 0.272. The third-order valence-corrected chi connectivity index (χ3v) is 4.85. The van der Waals surface area contributed by atoms with Crippen LogP contribution in [0.25, 0.3) is 0 Å². The first-order chi connectivity index (χ1) is 9.42. The largest absolute Gasteiger partial charge is 0.495 e. The molecular weight excluding hydrogens is 302 g/mol. The van der Waals surface area contributed by atoms with Crippen LogP contribution in [0.5, 0.6) is 5.75 Å². The molecule has 0 aliphatic rings. The summed E-state index contributed by atoms with van der Waals surface area (Å²) in [5, 5.41) is 9.48. The number of ether oxygens (including phenoxy) is 1. The van der Waals surface area contributed by atoms with Gasteiger partial charge in [-0.2, -0.15) is 4.31 Å². The quantitative estimate of drug-likeness (QED) is 0.807. The minimum Gasteiger partial charge on any atom is -0.495 e. The molecule has 0 atom stereocenters. The van der Waals surface area contributed by atoms with Gasteiger partial charge in [0.05, 0.1) is 20.3 Å². The number of benzene rings is 1. The maximum absolute atomic E-state index is 12.6. The Hall–Kier alpha value is -1.26. The molecule has 0 fully saturated rings. The van der Waals surface area contributed by atoms with Crippen molar-refractivity contribution in [1.82, 2.24) is 4.31 Å². The number of terminal acetylenes is 1. The van der Waals surface area contributed by atoms with Crippen molar-refractivity contribution in [1.29, 1.82) is 0 Å². The molecule has 0 spiro atoms.